The Morgan fingerprint density at radius 3 is 2.45 bits per heavy atom. The van der Waals surface area contributed by atoms with Crippen LogP contribution in [0.2, 0.25) is 0 Å². The summed E-state index contributed by atoms with van der Waals surface area (Å²) in [5, 5.41) is 3.09. The number of halogens is 3. The van der Waals surface area contributed by atoms with E-state index in [9.17, 15) is 21.6 Å². The lowest BCUT2D eigenvalue weighted by molar-refractivity contribution is -0.121. The van der Waals surface area contributed by atoms with E-state index in [1.54, 1.807) is 22.9 Å². The third kappa shape index (κ3) is 6.88. The zero-order chi connectivity index (χ0) is 15.2. The van der Waals surface area contributed by atoms with Gasteiger partial charge >= 0.3 is 6.18 Å². The van der Waals surface area contributed by atoms with Gasteiger partial charge in [-0.1, -0.05) is 31.2 Å². The Balaban J connectivity index is 2.67. The molecule has 0 fully saturated rings. The second-order valence-corrected chi connectivity index (χ2v) is 6.10. The summed E-state index contributed by atoms with van der Waals surface area (Å²) in [6.45, 7) is 1.75. The molecule has 4 nitrogen and oxygen atoms in total. The molecular weight excluding hydrogens is 293 g/mol. The predicted octanol–water partition coefficient (Wildman–Crippen LogP) is 1.78. The van der Waals surface area contributed by atoms with Crippen LogP contribution >= 0.6 is 0 Å². The Morgan fingerprint density at radius 1 is 1.20 bits per heavy atom. The molecule has 0 spiro atoms. The maximum absolute atomic E-state index is 12.0. The van der Waals surface area contributed by atoms with Crippen LogP contribution in [0.3, 0.4) is 0 Å². The van der Waals surface area contributed by atoms with Crippen molar-refractivity contribution in [1.82, 2.24) is 10.0 Å². The fourth-order valence-electron chi connectivity index (χ4n) is 1.56. The number of hydrogen-bond donors (Lipinski definition) is 2. The summed E-state index contributed by atoms with van der Waals surface area (Å²) in [5.41, 5.74) is 1.34. The zero-order valence-corrected chi connectivity index (χ0v) is 11.8. The molecule has 0 bridgehead atoms. The summed E-state index contributed by atoms with van der Waals surface area (Å²) < 4.78 is 60.6. The van der Waals surface area contributed by atoms with Crippen LogP contribution in [0.25, 0.3) is 0 Å². The molecule has 0 unspecified atom stereocenters. The molecule has 0 aliphatic rings. The molecule has 0 aliphatic heterocycles. The molecule has 1 aromatic carbocycles. The van der Waals surface area contributed by atoms with E-state index in [0.29, 0.717) is 12.1 Å². The Hall–Kier alpha value is -1.12. The number of benzene rings is 1. The van der Waals surface area contributed by atoms with Crippen molar-refractivity contribution in [2.75, 3.05) is 13.1 Å². The van der Waals surface area contributed by atoms with Gasteiger partial charge in [-0.3, -0.25) is 0 Å². The van der Waals surface area contributed by atoms with E-state index in [-0.39, 0.29) is 0 Å². The third-order valence-corrected chi connectivity index (χ3v) is 3.72. The van der Waals surface area contributed by atoms with Crippen molar-refractivity contribution in [3.05, 3.63) is 35.4 Å². The lowest BCUT2D eigenvalue weighted by atomic mass is 10.1. The number of sulfonamides is 1. The van der Waals surface area contributed by atoms with Crippen molar-refractivity contribution in [2.24, 2.45) is 0 Å². The molecule has 1 aromatic rings. The molecule has 0 aliphatic carbocycles. The van der Waals surface area contributed by atoms with Crippen molar-refractivity contribution in [2.45, 2.75) is 25.4 Å². The van der Waals surface area contributed by atoms with Gasteiger partial charge in [0, 0.05) is 6.54 Å². The van der Waals surface area contributed by atoms with Crippen molar-refractivity contribution in [3.8, 4) is 0 Å². The van der Waals surface area contributed by atoms with E-state index in [2.05, 4.69) is 5.32 Å². The van der Waals surface area contributed by atoms with Crippen molar-refractivity contribution < 1.29 is 21.6 Å². The molecule has 114 valence electrons. The number of rotatable bonds is 7. The smallest absolute Gasteiger partial charge is 0.313 e. The molecule has 1 rings (SSSR count). The second kappa shape index (κ2) is 7.05. The summed E-state index contributed by atoms with van der Waals surface area (Å²) >= 11 is 0. The number of hydrogen-bond acceptors (Lipinski definition) is 3. The minimum atomic E-state index is -4.56. The van der Waals surface area contributed by atoms with Crippen LogP contribution in [0.1, 0.15) is 18.1 Å². The van der Waals surface area contributed by atoms with Crippen LogP contribution in [0.4, 0.5) is 13.2 Å². The Kier molecular flexibility index (Phi) is 5.97. The summed E-state index contributed by atoms with van der Waals surface area (Å²) in [4.78, 5) is 0. The summed E-state index contributed by atoms with van der Waals surface area (Å²) in [6.07, 6.45) is -4.56. The third-order valence-electron chi connectivity index (χ3n) is 2.42. The SMILES string of the molecule is CCNCc1cccc(CS(=O)(=O)NCC(F)(F)F)c1. The van der Waals surface area contributed by atoms with Gasteiger partial charge in [0.25, 0.3) is 0 Å². The highest BCUT2D eigenvalue weighted by molar-refractivity contribution is 7.88. The van der Waals surface area contributed by atoms with E-state index in [0.717, 1.165) is 12.1 Å². The molecule has 0 heterocycles. The largest absolute Gasteiger partial charge is 0.402 e. The Bertz CT molecular complexity index is 530. The van der Waals surface area contributed by atoms with Crippen LogP contribution in [0.5, 0.6) is 0 Å². The lowest BCUT2D eigenvalue weighted by Crippen LogP contribution is -2.34. The highest BCUT2D eigenvalue weighted by Gasteiger charge is 2.29. The Morgan fingerprint density at radius 2 is 1.85 bits per heavy atom. The van der Waals surface area contributed by atoms with E-state index in [1.807, 2.05) is 13.0 Å². The van der Waals surface area contributed by atoms with E-state index in [1.165, 1.54) is 0 Å². The maximum Gasteiger partial charge on any atom is 0.402 e. The van der Waals surface area contributed by atoms with Gasteiger partial charge in [-0.15, -0.1) is 0 Å². The monoisotopic (exact) mass is 310 g/mol. The van der Waals surface area contributed by atoms with Crippen LogP contribution in [-0.4, -0.2) is 27.7 Å². The van der Waals surface area contributed by atoms with Crippen LogP contribution in [0, 0.1) is 0 Å². The van der Waals surface area contributed by atoms with E-state index in [4.69, 9.17) is 0 Å². The van der Waals surface area contributed by atoms with Gasteiger partial charge in [-0.25, -0.2) is 13.1 Å². The number of alkyl halides is 3. The Labute approximate surface area is 116 Å². The van der Waals surface area contributed by atoms with Crippen molar-refractivity contribution >= 4 is 10.0 Å². The standard InChI is InChI=1S/C12H17F3N2O2S/c1-2-16-7-10-4-3-5-11(6-10)8-20(18,19)17-9-12(13,14)15/h3-6,16-17H,2,7-9H2,1H3. The quantitative estimate of drug-likeness (QED) is 0.807. The van der Waals surface area contributed by atoms with E-state index >= 15 is 0 Å². The molecule has 0 aromatic heterocycles. The average Bonchev–Trinajstić information content (AvgIpc) is 2.33. The second-order valence-electron chi connectivity index (χ2n) is 4.30. The van der Waals surface area contributed by atoms with Crippen LogP contribution < -0.4 is 10.0 Å². The first-order valence-electron chi connectivity index (χ1n) is 6.04. The van der Waals surface area contributed by atoms with Crippen molar-refractivity contribution in [3.63, 3.8) is 0 Å². The number of nitrogens with one attached hydrogen (secondary N) is 2. The summed E-state index contributed by atoms with van der Waals surface area (Å²) in [7, 11) is -4.00. The highest BCUT2D eigenvalue weighted by Crippen LogP contribution is 2.14. The zero-order valence-electron chi connectivity index (χ0n) is 11.0. The fraction of sp³-hybridized carbons (Fsp3) is 0.500. The van der Waals surface area contributed by atoms with Gasteiger partial charge in [-0.05, 0) is 17.7 Å². The lowest BCUT2D eigenvalue weighted by Gasteiger charge is -2.10. The van der Waals surface area contributed by atoms with Gasteiger partial charge < -0.3 is 5.32 Å². The fourth-order valence-corrected chi connectivity index (χ4v) is 2.67. The average molecular weight is 310 g/mol. The van der Waals surface area contributed by atoms with Gasteiger partial charge in [-0.2, -0.15) is 13.2 Å². The van der Waals surface area contributed by atoms with Crippen molar-refractivity contribution in [1.29, 1.82) is 0 Å². The molecule has 2 N–H and O–H groups in total. The maximum atomic E-state index is 12.0. The first-order valence-corrected chi connectivity index (χ1v) is 7.70. The summed E-state index contributed by atoms with van der Waals surface area (Å²) in [5.74, 6) is -0.469. The molecule has 0 atom stereocenters. The minimum absolute atomic E-state index is 0.454. The summed E-state index contributed by atoms with van der Waals surface area (Å²) in [6, 6.07) is 6.74. The molecule has 0 saturated heterocycles. The first-order chi connectivity index (χ1) is 9.22. The highest BCUT2D eigenvalue weighted by atomic mass is 32.2. The van der Waals surface area contributed by atoms with Gasteiger partial charge in [0.05, 0.1) is 5.75 Å². The van der Waals surface area contributed by atoms with Gasteiger partial charge in [0.1, 0.15) is 6.54 Å². The molecular formula is C12H17F3N2O2S. The molecule has 8 heteroatoms. The van der Waals surface area contributed by atoms with Crippen LogP contribution in [0.15, 0.2) is 24.3 Å². The minimum Gasteiger partial charge on any atom is -0.313 e. The van der Waals surface area contributed by atoms with E-state index < -0.39 is 28.5 Å². The normalized spacial score (nSPS) is 12.6. The van der Waals surface area contributed by atoms with Gasteiger partial charge in [0.2, 0.25) is 10.0 Å². The molecule has 0 radical (unpaired) electrons. The molecule has 20 heavy (non-hydrogen) atoms. The topological polar surface area (TPSA) is 58.2 Å². The first kappa shape index (κ1) is 16.9. The molecule has 0 saturated carbocycles. The van der Waals surface area contributed by atoms with Crippen LogP contribution in [-0.2, 0) is 22.3 Å². The molecule has 0 amide bonds. The predicted molar refractivity (Wildman–Crippen MR) is 70.5 cm³/mol. The van der Waals surface area contributed by atoms with Gasteiger partial charge in [0.15, 0.2) is 0 Å².